The molecule has 98 valence electrons. The van der Waals surface area contributed by atoms with Crippen LogP contribution in [-0.2, 0) is 16.1 Å². The molecule has 1 N–H and O–H groups in total. The maximum Gasteiger partial charge on any atom is 0.248 e. The van der Waals surface area contributed by atoms with Gasteiger partial charge in [0, 0.05) is 9.35 Å². The van der Waals surface area contributed by atoms with Crippen molar-refractivity contribution in [2.45, 2.75) is 38.9 Å². The molecule has 1 aromatic heterocycles. The Morgan fingerprint density at radius 3 is 2.72 bits per heavy atom. The Hall–Kier alpha value is -0.880. The second-order valence-corrected chi connectivity index (χ2v) is 6.77. The number of rotatable bonds is 2. The van der Waals surface area contributed by atoms with Gasteiger partial charge in [-0.2, -0.15) is 0 Å². The van der Waals surface area contributed by atoms with E-state index < -0.39 is 11.6 Å². The van der Waals surface area contributed by atoms with Gasteiger partial charge in [0.1, 0.15) is 11.6 Å². The summed E-state index contributed by atoms with van der Waals surface area (Å²) in [5.74, 6) is -0.151. The molecule has 1 aromatic rings. The van der Waals surface area contributed by atoms with Gasteiger partial charge in [-0.05, 0) is 48.1 Å². The van der Waals surface area contributed by atoms with Gasteiger partial charge in [0.05, 0.1) is 6.54 Å². The van der Waals surface area contributed by atoms with E-state index in [4.69, 9.17) is 0 Å². The van der Waals surface area contributed by atoms with Crippen LogP contribution in [0.25, 0.3) is 0 Å². The van der Waals surface area contributed by atoms with Crippen molar-refractivity contribution in [3.63, 3.8) is 0 Å². The molecule has 0 aliphatic carbocycles. The van der Waals surface area contributed by atoms with Crippen LogP contribution in [0.1, 0.15) is 25.6 Å². The number of halogens is 1. The summed E-state index contributed by atoms with van der Waals surface area (Å²) in [5.41, 5.74) is -0.826. The molecule has 2 amide bonds. The maximum atomic E-state index is 12.3. The van der Waals surface area contributed by atoms with Gasteiger partial charge in [0.15, 0.2) is 0 Å². The summed E-state index contributed by atoms with van der Waals surface area (Å²) < 4.78 is 0.983. The fraction of sp³-hybridized carbons (Fsp3) is 0.500. The molecule has 1 aliphatic rings. The molecule has 1 atom stereocenters. The molecule has 0 bridgehead atoms. The summed E-state index contributed by atoms with van der Waals surface area (Å²) in [7, 11) is 0. The summed E-state index contributed by atoms with van der Waals surface area (Å²) in [6, 6.07) is 1.52. The largest absolute Gasteiger partial charge is 0.340 e. The Balaban J connectivity index is 2.27. The Morgan fingerprint density at radius 2 is 2.17 bits per heavy atom. The van der Waals surface area contributed by atoms with Crippen LogP contribution < -0.4 is 5.32 Å². The van der Waals surface area contributed by atoms with Crippen molar-refractivity contribution in [3.05, 3.63) is 20.8 Å². The molecular formula is C12H15BrN2O2S. The molecule has 0 saturated carbocycles. The van der Waals surface area contributed by atoms with Crippen LogP contribution in [0.4, 0.5) is 0 Å². The van der Waals surface area contributed by atoms with Crippen molar-refractivity contribution in [1.29, 1.82) is 0 Å². The van der Waals surface area contributed by atoms with Gasteiger partial charge in [-0.1, -0.05) is 0 Å². The van der Waals surface area contributed by atoms with Gasteiger partial charge >= 0.3 is 0 Å². The van der Waals surface area contributed by atoms with Gasteiger partial charge < -0.3 is 10.2 Å². The second kappa shape index (κ2) is 4.66. The number of amides is 2. The lowest BCUT2D eigenvalue weighted by Crippen LogP contribution is -2.66. The SMILES string of the molecule is CC1C(=O)NC(C)(C)C(=O)N1Cc1sccc1Br. The topological polar surface area (TPSA) is 49.4 Å². The van der Waals surface area contributed by atoms with Gasteiger partial charge in [0.2, 0.25) is 11.8 Å². The minimum Gasteiger partial charge on any atom is -0.340 e. The summed E-state index contributed by atoms with van der Waals surface area (Å²) in [4.78, 5) is 26.9. The number of nitrogens with one attached hydrogen (secondary N) is 1. The lowest BCUT2D eigenvalue weighted by Gasteiger charge is -2.41. The molecule has 0 radical (unpaired) electrons. The van der Waals surface area contributed by atoms with E-state index in [9.17, 15) is 9.59 Å². The van der Waals surface area contributed by atoms with Crippen molar-refractivity contribution in [1.82, 2.24) is 10.2 Å². The van der Waals surface area contributed by atoms with Crippen LogP contribution in [0.15, 0.2) is 15.9 Å². The van der Waals surface area contributed by atoms with Crippen LogP contribution in [0, 0.1) is 0 Å². The van der Waals surface area contributed by atoms with Crippen LogP contribution in [0.5, 0.6) is 0 Å². The van der Waals surface area contributed by atoms with Crippen LogP contribution in [0.2, 0.25) is 0 Å². The van der Waals surface area contributed by atoms with Crippen LogP contribution in [0.3, 0.4) is 0 Å². The van der Waals surface area contributed by atoms with Crippen molar-refractivity contribution >= 4 is 39.1 Å². The van der Waals surface area contributed by atoms with E-state index in [-0.39, 0.29) is 11.8 Å². The Bertz CT molecular complexity index is 498. The highest BCUT2D eigenvalue weighted by atomic mass is 79.9. The first kappa shape index (κ1) is 13.5. The van der Waals surface area contributed by atoms with Crippen molar-refractivity contribution < 1.29 is 9.59 Å². The molecule has 0 aromatic carbocycles. The molecule has 0 spiro atoms. The quantitative estimate of drug-likeness (QED) is 0.903. The monoisotopic (exact) mass is 330 g/mol. The molecule has 1 unspecified atom stereocenters. The predicted octanol–water partition coefficient (Wildman–Crippen LogP) is 2.14. The highest BCUT2D eigenvalue weighted by Crippen LogP contribution is 2.27. The van der Waals surface area contributed by atoms with Gasteiger partial charge in [-0.15, -0.1) is 11.3 Å². The maximum absolute atomic E-state index is 12.3. The first-order valence-electron chi connectivity index (χ1n) is 5.68. The van der Waals surface area contributed by atoms with Gasteiger partial charge in [-0.25, -0.2) is 0 Å². The number of hydrogen-bond acceptors (Lipinski definition) is 3. The molecule has 1 fully saturated rings. The highest BCUT2D eigenvalue weighted by molar-refractivity contribution is 9.10. The summed E-state index contributed by atoms with van der Waals surface area (Å²) in [6.45, 7) is 5.68. The van der Waals surface area contributed by atoms with Crippen molar-refractivity contribution in [2.24, 2.45) is 0 Å². The zero-order valence-corrected chi connectivity index (χ0v) is 12.9. The molecule has 18 heavy (non-hydrogen) atoms. The van der Waals surface area contributed by atoms with Crippen molar-refractivity contribution in [2.75, 3.05) is 0 Å². The number of thiophene rings is 1. The molecule has 4 nitrogen and oxygen atoms in total. The van der Waals surface area contributed by atoms with E-state index in [1.54, 1.807) is 37.0 Å². The minimum atomic E-state index is -0.826. The average Bonchev–Trinajstić information content (AvgIpc) is 2.67. The third kappa shape index (κ3) is 2.31. The third-order valence-electron chi connectivity index (χ3n) is 3.08. The van der Waals surface area contributed by atoms with Crippen molar-refractivity contribution in [3.8, 4) is 0 Å². The highest BCUT2D eigenvalue weighted by Gasteiger charge is 2.43. The minimum absolute atomic E-state index is 0.0464. The molecular weight excluding hydrogens is 316 g/mol. The zero-order chi connectivity index (χ0) is 13.5. The van der Waals surface area contributed by atoms with E-state index in [2.05, 4.69) is 21.2 Å². The summed E-state index contributed by atoms with van der Waals surface area (Å²) in [6.07, 6.45) is 0. The number of nitrogens with zero attached hydrogens (tertiary/aromatic N) is 1. The fourth-order valence-electron chi connectivity index (χ4n) is 1.94. The van der Waals surface area contributed by atoms with E-state index in [1.165, 1.54) is 0 Å². The fourth-order valence-corrected chi connectivity index (χ4v) is 3.42. The average molecular weight is 331 g/mol. The third-order valence-corrected chi connectivity index (χ3v) is 4.99. The molecule has 2 heterocycles. The smallest absolute Gasteiger partial charge is 0.248 e. The standard InChI is InChI=1S/C12H15BrN2O2S/c1-7-10(16)14-12(2,3)11(17)15(7)6-9-8(13)4-5-18-9/h4-5,7H,6H2,1-3H3,(H,14,16). The Labute approximate surface area is 118 Å². The van der Waals surface area contributed by atoms with Gasteiger partial charge in [0.25, 0.3) is 0 Å². The van der Waals surface area contributed by atoms with E-state index in [0.717, 1.165) is 9.35 Å². The zero-order valence-electron chi connectivity index (χ0n) is 10.5. The lowest BCUT2D eigenvalue weighted by molar-refractivity contribution is -0.153. The van der Waals surface area contributed by atoms with E-state index >= 15 is 0 Å². The van der Waals surface area contributed by atoms with Gasteiger partial charge in [-0.3, -0.25) is 9.59 Å². The van der Waals surface area contributed by atoms with E-state index in [0.29, 0.717) is 6.54 Å². The summed E-state index contributed by atoms with van der Waals surface area (Å²) >= 11 is 5.02. The number of carbonyl (C=O) groups is 2. The van der Waals surface area contributed by atoms with Crippen LogP contribution in [-0.4, -0.2) is 28.3 Å². The molecule has 1 aliphatic heterocycles. The predicted molar refractivity (Wildman–Crippen MR) is 74.3 cm³/mol. The summed E-state index contributed by atoms with van der Waals surface area (Å²) in [5, 5.41) is 4.70. The lowest BCUT2D eigenvalue weighted by atomic mass is 9.97. The van der Waals surface area contributed by atoms with E-state index in [1.807, 2.05) is 11.4 Å². The normalized spacial score (nSPS) is 23.1. The Morgan fingerprint density at radius 1 is 1.50 bits per heavy atom. The number of piperazine rings is 1. The Kier molecular flexibility index (Phi) is 3.51. The number of hydrogen-bond donors (Lipinski definition) is 1. The van der Waals surface area contributed by atoms with Crippen LogP contribution >= 0.6 is 27.3 Å². The number of carbonyl (C=O) groups excluding carboxylic acids is 2. The first-order chi connectivity index (χ1) is 8.33. The second-order valence-electron chi connectivity index (χ2n) is 4.91. The molecule has 2 rings (SSSR count). The first-order valence-corrected chi connectivity index (χ1v) is 7.35. The molecule has 6 heteroatoms. The molecule has 1 saturated heterocycles.